The molecule has 12 atom stereocenters. The predicted octanol–water partition coefficient (Wildman–Crippen LogP) is 19.2. The summed E-state index contributed by atoms with van der Waals surface area (Å²) in [7, 11) is 0. The summed E-state index contributed by atoms with van der Waals surface area (Å²) < 4.78 is 23.0. The minimum atomic E-state index is -1.79. The molecule has 2 saturated heterocycles. The summed E-state index contributed by atoms with van der Waals surface area (Å²) in [5.41, 5.74) is 0. The normalized spacial score (nSPS) is 22.3. The van der Waals surface area contributed by atoms with E-state index in [1.54, 1.807) is 0 Å². The number of aliphatic hydroxyl groups excluding tert-OH is 8. The van der Waals surface area contributed by atoms with Crippen LogP contribution in [0.5, 0.6) is 0 Å². The standard InChI is InChI=1S/C86H153NO13/c1-3-5-7-9-11-13-15-17-19-21-23-25-27-29-31-33-34-35-36-37-38-39-40-42-44-46-48-50-52-54-56-58-60-62-64-66-68-70-78(91)87-74(73-97-85-83(96)81(94)84(77(72-89)99-85)100-86-82(95)80(93)79(92)76(71-88)98-86)75(90)69-67-65-63-61-59-57-55-53-51-49-47-45-43-41-32-30-28-26-24-22-20-18-16-14-12-10-8-6-4-2/h5,7,11,13,17,19,23,25,29,31,34-35,37-38,40,42,74-77,79-86,88-90,92-96H,3-4,6,8-10,12,14-16,18,20-22,24,26-28,30,32-33,36,39,41,43-73H2,1-2H3,(H,87,91)/b7-5-,13-11-,19-17-,25-23-,31-29-,35-34-,38-37-,42-40-. The smallest absolute Gasteiger partial charge is 0.220 e. The van der Waals surface area contributed by atoms with Gasteiger partial charge in [-0.3, -0.25) is 4.79 Å². The number of ether oxygens (including phenoxy) is 4. The second-order valence-corrected chi connectivity index (χ2v) is 28.9. The maximum Gasteiger partial charge on any atom is 0.220 e. The van der Waals surface area contributed by atoms with Gasteiger partial charge in [0.2, 0.25) is 5.91 Å². The lowest BCUT2D eigenvalue weighted by atomic mass is 9.97. The van der Waals surface area contributed by atoms with E-state index in [0.717, 1.165) is 109 Å². The Kier molecular flexibility index (Phi) is 64.1. The molecule has 0 aliphatic carbocycles. The van der Waals surface area contributed by atoms with Crippen LogP contribution in [-0.4, -0.2) is 140 Å². The van der Waals surface area contributed by atoms with Crippen LogP contribution in [0.3, 0.4) is 0 Å². The van der Waals surface area contributed by atoms with Crippen LogP contribution in [0.4, 0.5) is 0 Å². The Hall–Kier alpha value is -3.09. The van der Waals surface area contributed by atoms with Crippen molar-refractivity contribution in [1.29, 1.82) is 0 Å². The third kappa shape index (κ3) is 51.2. The predicted molar refractivity (Wildman–Crippen MR) is 415 cm³/mol. The molecule has 14 nitrogen and oxygen atoms in total. The van der Waals surface area contributed by atoms with E-state index in [2.05, 4.69) is 116 Å². The van der Waals surface area contributed by atoms with E-state index in [9.17, 15) is 45.6 Å². The second kappa shape index (κ2) is 69.0. The molecule has 2 aliphatic heterocycles. The summed E-state index contributed by atoms with van der Waals surface area (Å²) in [5.74, 6) is -0.207. The fourth-order valence-corrected chi connectivity index (χ4v) is 13.3. The number of unbranched alkanes of at least 4 members (excludes halogenated alkanes) is 40. The van der Waals surface area contributed by atoms with Gasteiger partial charge in [-0.05, 0) is 77.0 Å². The molecule has 2 aliphatic rings. The van der Waals surface area contributed by atoms with Crippen LogP contribution in [0.25, 0.3) is 0 Å². The van der Waals surface area contributed by atoms with Crippen molar-refractivity contribution in [3.05, 3.63) is 97.2 Å². The quantitative estimate of drug-likeness (QED) is 0.0204. The van der Waals surface area contributed by atoms with Crippen molar-refractivity contribution in [3.8, 4) is 0 Å². The van der Waals surface area contributed by atoms with E-state index in [0.29, 0.717) is 12.8 Å². The van der Waals surface area contributed by atoms with E-state index in [1.165, 1.54) is 212 Å². The molecule has 0 spiro atoms. The van der Waals surface area contributed by atoms with Crippen LogP contribution in [0.1, 0.15) is 348 Å². The molecule has 9 N–H and O–H groups in total. The summed E-state index contributed by atoms with van der Waals surface area (Å²) in [6.07, 6.45) is 81.6. The van der Waals surface area contributed by atoms with Gasteiger partial charge >= 0.3 is 0 Å². The molecule has 2 heterocycles. The number of hydrogen-bond donors (Lipinski definition) is 9. The van der Waals surface area contributed by atoms with E-state index in [4.69, 9.17) is 18.9 Å². The second-order valence-electron chi connectivity index (χ2n) is 28.9. The van der Waals surface area contributed by atoms with Crippen LogP contribution in [0.2, 0.25) is 0 Å². The maximum absolute atomic E-state index is 13.4. The zero-order valence-electron chi connectivity index (χ0n) is 63.7. The number of carbonyl (C=O) groups is 1. The number of amides is 1. The Labute approximate surface area is 611 Å². The van der Waals surface area contributed by atoms with Crippen molar-refractivity contribution in [1.82, 2.24) is 5.32 Å². The van der Waals surface area contributed by atoms with Crippen molar-refractivity contribution >= 4 is 5.91 Å². The van der Waals surface area contributed by atoms with Crippen molar-refractivity contribution in [2.45, 2.75) is 421 Å². The summed E-state index contributed by atoms with van der Waals surface area (Å²) in [5, 5.41) is 87.9. The van der Waals surface area contributed by atoms with E-state index < -0.39 is 86.8 Å². The van der Waals surface area contributed by atoms with Gasteiger partial charge in [0.1, 0.15) is 48.8 Å². The first-order valence-corrected chi connectivity index (χ1v) is 41.5. The van der Waals surface area contributed by atoms with Gasteiger partial charge in [0.25, 0.3) is 0 Å². The van der Waals surface area contributed by atoms with Gasteiger partial charge < -0.3 is 65.1 Å². The first kappa shape index (κ1) is 93.0. The SMILES string of the molecule is CC/C=C\C/C=C\C/C=C\C/C=C\C/C=C\C/C=C\C/C=C\C/C=C\CCCCCCCCCCCCCCC(=O)NC(COC1OC(CO)C(OC2OC(CO)C(O)C(O)C2O)C(O)C1O)C(O)CCCCCCCCCCCCCCCCCCCCCCCCCCCCCCC. The molecule has 0 aromatic carbocycles. The Morgan fingerprint density at radius 1 is 0.370 bits per heavy atom. The Morgan fingerprint density at radius 2 is 0.690 bits per heavy atom. The fourth-order valence-electron chi connectivity index (χ4n) is 13.3. The third-order valence-electron chi connectivity index (χ3n) is 19.8. The summed E-state index contributed by atoms with van der Waals surface area (Å²) in [6, 6.07) is -0.838. The van der Waals surface area contributed by atoms with Gasteiger partial charge in [-0.15, -0.1) is 0 Å². The van der Waals surface area contributed by atoms with Crippen molar-refractivity contribution in [3.63, 3.8) is 0 Å². The van der Waals surface area contributed by atoms with Crippen LogP contribution >= 0.6 is 0 Å². The minimum absolute atomic E-state index is 0.207. The molecular weight excluding hydrogens is 1250 g/mol. The molecular formula is C86H153NO13. The van der Waals surface area contributed by atoms with Crippen molar-refractivity contribution in [2.75, 3.05) is 19.8 Å². The minimum Gasteiger partial charge on any atom is -0.394 e. The van der Waals surface area contributed by atoms with Gasteiger partial charge in [0.05, 0.1) is 32.0 Å². The van der Waals surface area contributed by atoms with Gasteiger partial charge in [0, 0.05) is 6.42 Å². The molecule has 2 fully saturated rings. The Bertz CT molecular complexity index is 2050. The lowest BCUT2D eigenvalue weighted by Crippen LogP contribution is -2.65. The average Bonchev–Trinajstić information content (AvgIpc) is 0.791. The van der Waals surface area contributed by atoms with E-state index >= 15 is 0 Å². The van der Waals surface area contributed by atoms with Crippen LogP contribution in [0.15, 0.2) is 97.2 Å². The van der Waals surface area contributed by atoms with Crippen molar-refractivity contribution < 1.29 is 64.6 Å². The number of rotatable bonds is 69. The summed E-state index contributed by atoms with van der Waals surface area (Å²) in [4.78, 5) is 13.4. The number of allylic oxidation sites excluding steroid dienone is 16. The fraction of sp³-hybridized carbons (Fsp3) is 0.802. The maximum atomic E-state index is 13.4. The van der Waals surface area contributed by atoms with Gasteiger partial charge in [-0.1, -0.05) is 361 Å². The summed E-state index contributed by atoms with van der Waals surface area (Å²) in [6.45, 7) is 2.79. The number of aliphatic hydroxyl groups is 8. The summed E-state index contributed by atoms with van der Waals surface area (Å²) >= 11 is 0. The molecule has 0 aromatic heterocycles. The highest BCUT2D eigenvalue weighted by Crippen LogP contribution is 2.30. The lowest BCUT2D eigenvalue weighted by Gasteiger charge is -2.46. The van der Waals surface area contributed by atoms with Gasteiger partial charge in [-0.25, -0.2) is 0 Å². The molecule has 1 amide bonds. The number of carbonyl (C=O) groups excluding carboxylic acids is 1. The molecule has 0 aromatic rings. The molecule has 0 radical (unpaired) electrons. The Balaban J connectivity index is 1.60. The zero-order valence-corrected chi connectivity index (χ0v) is 63.7. The molecule has 0 saturated carbocycles. The zero-order chi connectivity index (χ0) is 72.2. The highest BCUT2D eigenvalue weighted by atomic mass is 16.7. The van der Waals surface area contributed by atoms with Gasteiger partial charge in [0.15, 0.2) is 12.6 Å². The molecule has 12 unspecified atom stereocenters. The Morgan fingerprint density at radius 3 is 1.06 bits per heavy atom. The highest BCUT2D eigenvalue weighted by molar-refractivity contribution is 5.76. The molecule has 14 heteroatoms. The van der Waals surface area contributed by atoms with Crippen LogP contribution in [-0.2, 0) is 23.7 Å². The largest absolute Gasteiger partial charge is 0.394 e. The van der Waals surface area contributed by atoms with Crippen molar-refractivity contribution in [2.24, 2.45) is 0 Å². The number of nitrogens with one attached hydrogen (secondary N) is 1. The lowest BCUT2D eigenvalue weighted by molar-refractivity contribution is -0.359. The first-order chi connectivity index (χ1) is 49.1. The first-order valence-electron chi connectivity index (χ1n) is 41.5. The molecule has 2 rings (SSSR count). The monoisotopic (exact) mass is 1410 g/mol. The highest BCUT2D eigenvalue weighted by Gasteiger charge is 2.51. The average molecular weight is 1410 g/mol. The van der Waals surface area contributed by atoms with Crippen LogP contribution in [0, 0.1) is 0 Å². The van der Waals surface area contributed by atoms with E-state index in [1.807, 2.05) is 0 Å². The molecule has 100 heavy (non-hydrogen) atoms. The third-order valence-corrected chi connectivity index (χ3v) is 19.8. The van der Waals surface area contributed by atoms with E-state index in [-0.39, 0.29) is 12.5 Å². The molecule has 580 valence electrons. The van der Waals surface area contributed by atoms with Gasteiger partial charge in [-0.2, -0.15) is 0 Å². The van der Waals surface area contributed by atoms with Crippen LogP contribution < -0.4 is 5.32 Å². The molecule has 0 bridgehead atoms. The topological polar surface area (TPSA) is 228 Å². The number of hydrogen-bond acceptors (Lipinski definition) is 13.